The van der Waals surface area contributed by atoms with E-state index in [1.54, 1.807) is 0 Å². The molecule has 53 heavy (non-hydrogen) atoms. The molecule has 0 aliphatic rings. The van der Waals surface area contributed by atoms with E-state index in [2.05, 4.69) is 208 Å². The third-order valence-corrected chi connectivity index (χ3v) is 10.7. The summed E-state index contributed by atoms with van der Waals surface area (Å²) in [5.41, 5.74) is 13.6. The maximum atomic E-state index is 5.27. The van der Waals surface area contributed by atoms with Crippen LogP contribution in [0.1, 0.15) is 0 Å². The lowest BCUT2D eigenvalue weighted by Gasteiger charge is -2.25. The van der Waals surface area contributed by atoms with E-state index in [1.165, 1.54) is 43.7 Å². The molecule has 0 atom stereocenters. The zero-order valence-electron chi connectivity index (χ0n) is 28.8. The van der Waals surface area contributed by atoms with Crippen molar-refractivity contribution < 1.29 is 0 Å². The highest BCUT2D eigenvalue weighted by Crippen LogP contribution is 2.44. The van der Waals surface area contributed by atoms with Crippen molar-refractivity contribution in [2.45, 2.75) is 0 Å². The molecule has 248 valence electrons. The van der Waals surface area contributed by atoms with E-state index >= 15 is 0 Å². The Morgan fingerprint density at radius 3 is 1.62 bits per heavy atom. The molecule has 0 aliphatic heterocycles. The first-order valence-electron chi connectivity index (χ1n) is 18.1. The molecular weight excluding hydrogens is 645 g/mol. The number of nitrogens with zero attached hydrogens (tertiary/aromatic N) is 4. The molecule has 0 aliphatic carbocycles. The van der Waals surface area contributed by atoms with Gasteiger partial charge in [0.1, 0.15) is 5.82 Å². The van der Waals surface area contributed by atoms with Gasteiger partial charge in [-0.25, -0.2) is 4.98 Å². The number of hydrogen-bond acceptors (Lipinski definition) is 2. The number of rotatable bonds is 6. The molecule has 3 heterocycles. The molecule has 0 unspecified atom stereocenters. The third kappa shape index (κ3) is 4.52. The maximum Gasteiger partial charge on any atom is 0.145 e. The number of benzene rings is 8. The second-order valence-electron chi connectivity index (χ2n) is 13.6. The fourth-order valence-corrected chi connectivity index (χ4v) is 8.33. The van der Waals surface area contributed by atoms with Crippen LogP contribution in [0.25, 0.3) is 77.3 Å². The quantitative estimate of drug-likeness (QED) is 0.175. The average molecular weight is 677 g/mol. The largest absolute Gasteiger partial charge is 0.311 e. The molecule has 8 aromatic carbocycles. The summed E-state index contributed by atoms with van der Waals surface area (Å²) in [5, 5.41) is 4.95. The monoisotopic (exact) mass is 676 g/mol. The zero-order chi connectivity index (χ0) is 34.9. The van der Waals surface area contributed by atoms with Crippen molar-refractivity contribution in [1.29, 1.82) is 0 Å². The summed E-state index contributed by atoms with van der Waals surface area (Å²) in [7, 11) is 0. The Labute approximate surface area is 306 Å². The highest BCUT2D eigenvalue weighted by Gasteiger charge is 2.23. The normalized spacial score (nSPS) is 11.8. The summed E-state index contributed by atoms with van der Waals surface area (Å²) < 4.78 is 4.81. The maximum absolute atomic E-state index is 5.27. The van der Waals surface area contributed by atoms with Gasteiger partial charge in [-0.1, -0.05) is 121 Å². The summed E-state index contributed by atoms with van der Waals surface area (Å²) in [5.74, 6) is 0.959. The minimum absolute atomic E-state index is 0.959. The molecule has 0 spiro atoms. The molecule has 0 saturated heterocycles. The fraction of sp³-hybridized carbons (Fsp3) is 0. The first-order chi connectivity index (χ1) is 26.3. The molecule has 0 amide bonds. The van der Waals surface area contributed by atoms with Gasteiger partial charge in [0.05, 0.1) is 27.6 Å². The molecule has 0 N–H and O–H groups in total. The van der Waals surface area contributed by atoms with Crippen LogP contribution in [0.3, 0.4) is 0 Å². The van der Waals surface area contributed by atoms with Gasteiger partial charge in [-0.15, -0.1) is 0 Å². The standard InChI is InChI=1S/C49H32N4/c1-4-13-35(14-5-1)49-50-42-31-32-45-47-46-41(40-19-10-11-21-43(40)53(49)48(42)47)20-12-22-44(46)52(45)39-29-25-34(26-30-39)33-23-27-38(28-24-33)51(36-15-6-2-7-16-36)37-17-8-3-9-18-37/h1-32H. The van der Waals surface area contributed by atoms with Gasteiger partial charge in [0, 0.05) is 44.5 Å². The predicted molar refractivity (Wildman–Crippen MR) is 221 cm³/mol. The Kier molecular flexibility index (Phi) is 6.52. The predicted octanol–water partition coefficient (Wildman–Crippen LogP) is 13.0. The van der Waals surface area contributed by atoms with Gasteiger partial charge >= 0.3 is 0 Å². The molecular formula is C49H32N4. The van der Waals surface area contributed by atoms with Crippen molar-refractivity contribution >= 4 is 66.2 Å². The Morgan fingerprint density at radius 1 is 0.377 bits per heavy atom. The molecule has 0 radical (unpaired) electrons. The van der Waals surface area contributed by atoms with Gasteiger partial charge in [-0.3, -0.25) is 4.40 Å². The number of para-hydroxylation sites is 3. The first-order valence-corrected chi connectivity index (χ1v) is 18.1. The minimum atomic E-state index is 0.959. The van der Waals surface area contributed by atoms with E-state index in [1.807, 2.05) is 0 Å². The number of imidazole rings is 1. The zero-order valence-corrected chi connectivity index (χ0v) is 28.8. The third-order valence-electron chi connectivity index (χ3n) is 10.7. The Bertz CT molecular complexity index is 3030. The van der Waals surface area contributed by atoms with Gasteiger partial charge in [0.15, 0.2) is 0 Å². The first kappa shape index (κ1) is 29.5. The SMILES string of the molecule is c1ccc(-c2nc3ccc4c5c6c(cccc6n4-c4ccc(-c6ccc(N(c7ccccc7)c7ccccc7)cc6)cc4)c4ccccc4n2c35)cc1. The highest BCUT2D eigenvalue weighted by molar-refractivity contribution is 6.30. The summed E-state index contributed by atoms with van der Waals surface area (Å²) in [6.45, 7) is 0. The van der Waals surface area contributed by atoms with Crippen LogP contribution in [0.2, 0.25) is 0 Å². The van der Waals surface area contributed by atoms with E-state index in [9.17, 15) is 0 Å². The van der Waals surface area contributed by atoms with Crippen LogP contribution in [0, 0.1) is 0 Å². The highest BCUT2D eigenvalue weighted by atomic mass is 15.1. The molecule has 0 saturated carbocycles. The van der Waals surface area contributed by atoms with Crippen molar-refractivity contribution in [3.63, 3.8) is 0 Å². The van der Waals surface area contributed by atoms with Crippen LogP contribution < -0.4 is 4.90 Å². The minimum Gasteiger partial charge on any atom is -0.311 e. The second-order valence-corrected chi connectivity index (χ2v) is 13.6. The van der Waals surface area contributed by atoms with Crippen LogP contribution in [-0.4, -0.2) is 14.0 Å². The average Bonchev–Trinajstić information content (AvgIpc) is 3.75. The molecule has 11 aromatic rings. The van der Waals surface area contributed by atoms with Crippen molar-refractivity contribution in [3.8, 4) is 28.2 Å². The number of aromatic nitrogens is 3. The van der Waals surface area contributed by atoms with Crippen molar-refractivity contribution in [1.82, 2.24) is 14.0 Å². The number of anilines is 3. The van der Waals surface area contributed by atoms with Gasteiger partial charge in [-0.05, 0) is 89.3 Å². The lowest BCUT2D eigenvalue weighted by atomic mass is 10.0. The smallest absolute Gasteiger partial charge is 0.145 e. The second kappa shape index (κ2) is 11.7. The number of hydrogen-bond donors (Lipinski definition) is 0. The van der Waals surface area contributed by atoms with Gasteiger partial charge in [-0.2, -0.15) is 0 Å². The van der Waals surface area contributed by atoms with Gasteiger partial charge in [0.25, 0.3) is 0 Å². The van der Waals surface area contributed by atoms with E-state index in [-0.39, 0.29) is 0 Å². The lowest BCUT2D eigenvalue weighted by Crippen LogP contribution is -2.09. The molecule has 4 nitrogen and oxygen atoms in total. The molecule has 0 bridgehead atoms. The van der Waals surface area contributed by atoms with Crippen LogP contribution in [0.4, 0.5) is 17.1 Å². The van der Waals surface area contributed by atoms with Crippen molar-refractivity contribution in [3.05, 3.63) is 194 Å². The summed E-state index contributed by atoms with van der Waals surface area (Å²) in [6, 6.07) is 69.4. The van der Waals surface area contributed by atoms with E-state index < -0.39 is 0 Å². The van der Waals surface area contributed by atoms with Crippen molar-refractivity contribution in [2.24, 2.45) is 0 Å². The Morgan fingerprint density at radius 2 is 0.925 bits per heavy atom. The Balaban J connectivity index is 1.06. The molecule has 3 aromatic heterocycles. The van der Waals surface area contributed by atoms with E-state index in [0.29, 0.717) is 0 Å². The summed E-state index contributed by atoms with van der Waals surface area (Å²) in [4.78, 5) is 7.56. The summed E-state index contributed by atoms with van der Waals surface area (Å²) >= 11 is 0. The number of fused-ring (bicyclic) bond motifs is 3. The van der Waals surface area contributed by atoms with Crippen LogP contribution >= 0.6 is 0 Å². The van der Waals surface area contributed by atoms with Crippen LogP contribution in [0.15, 0.2) is 194 Å². The lowest BCUT2D eigenvalue weighted by molar-refractivity contribution is 1.18. The summed E-state index contributed by atoms with van der Waals surface area (Å²) in [6.07, 6.45) is 0. The van der Waals surface area contributed by atoms with Crippen LogP contribution in [-0.2, 0) is 0 Å². The van der Waals surface area contributed by atoms with Crippen molar-refractivity contribution in [2.75, 3.05) is 4.90 Å². The molecule has 11 rings (SSSR count). The van der Waals surface area contributed by atoms with Crippen LogP contribution in [0.5, 0.6) is 0 Å². The molecule has 4 heteroatoms. The van der Waals surface area contributed by atoms with Gasteiger partial charge in [0.2, 0.25) is 0 Å². The fourth-order valence-electron chi connectivity index (χ4n) is 8.33. The van der Waals surface area contributed by atoms with Gasteiger partial charge < -0.3 is 9.47 Å². The van der Waals surface area contributed by atoms with E-state index in [0.717, 1.165) is 50.7 Å². The Hall–Kier alpha value is -7.17. The van der Waals surface area contributed by atoms with E-state index in [4.69, 9.17) is 4.98 Å². The molecule has 0 fully saturated rings. The topological polar surface area (TPSA) is 25.5 Å².